The summed E-state index contributed by atoms with van der Waals surface area (Å²) in [5, 5.41) is 19.4. The number of ketones is 1. The second-order valence-corrected chi connectivity index (χ2v) is 8.78. The van der Waals surface area contributed by atoms with E-state index in [1.165, 1.54) is 18.7 Å². The molecule has 0 saturated carbocycles. The van der Waals surface area contributed by atoms with Crippen molar-refractivity contribution in [3.8, 4) is 17.6 Å². The van der Waals surface area contributed by atoms with Gasteiger partial charge in [-0.05, 0) is 39.7 Å². The van der Waals surface area contributed by atoms with E-state index >= 15 is 0 Å². The highest BCUT2D eigenvalue weighted by molar-refractivity contribution is 9.10. The normalized spacial score (nSPS) is 13.3. The van der Waals surface area contributed by atoms with E-state index in [2.05, 4.69) is 15.9 Å². The first-order valence-corrected chi connectivity index (χ1v) is 9.55. The number of aromatic nitrogens is 1. The number of phenolic OH excluding ortho intramolecular Hbond substituents is 1. The van der Waals surface area contributed by atoms with E-state index in [0.29, 0.717) is 19.2 Å². The number of halogens is 1. The molecule has 1 aromatic heterocycles. The maximum atomic E-state index is 12.6. The van der Waals surface area contributed by atoms with E-state index in [-0.39, 0.29) is 28.4 Å². The Morgan fingerprint density at radius 3 is 2.56 bits per heavy atom. The number of phenols is 1. The summed E-state index contributed by atoms with van der Waals surface area (Å²) in [6.07, 6.45) is 1.62. The second-order valence-electron chi connectivity index (χ2n) is 6.90. The van der Waals surface area contributed by atoms with Gasteiger partial charge in [-0.25, -0.2) is 0 Å². The highest BCUT2D eigenvalue weighted by Gasteiger charge is 2.27. The summed E-state index contributed by atoms with van der Waals surface area (Å²) < 4.78 is 7.53. The van der Waals surface area contributed by atoms with Gasteiger partial charge in [0.15, 0.2) is 17.3 Å². The molecule has 1 N–H and O–H groups in total. The smallest absolute Gasteiger partial charge is 0.268 e. The standard InChI is InChI=1S/C19H19BrN2O4S/c1-19(2,3)16(24)11(9-21)18-22(4)17(25)14(27-18)8-10-6-12(20)15(23)13(7-10)26-5/h6-8,23H,1-5H3/b14-8-,18-11-. The van der Waals surface area contributed by atoms with Gasteiger partial charge in [-0.3, -0.25) is 9.59 Å². The van der Waals surface area contributed by atoms with Gasteiger partial charge in [0.2, 0.25) is 0 Å². The Morgan fingerprint density at radius 1 is 1.41 bits per heavy atom. The summed E-state index contributed by atoms with van der Waals surface area (Å²) in [6.45, 7) is 5.18. The number of hydrogen-bond donors (Lipinski definition) is 1. The number of nitrogens with zero attached hydrogens (tertiary/aromatic N) is 2. The highest BCUT2D eigenvalue weighted by atomic mass is 79.9. The van der Waals surface area contributed by atoms with Crippen LogP contribution in [0.25, 0.3) is 11.6 Å². The van der Waals surface area contributed by atoms with E-state index in [9.17, 15) is 20.0 Å². The number of thiazole rings is 1. The van der Waals surface area contributed by atoms with Gasteiger partial charge in [0.05, 0.1) is 16.1 Å². The van der Waals surface area contributed by atoms with Crippen LogP contribution in [-0.4, -0.2) is 22.6 Å². The Bertz CT molecular complexity index is 1130. The molecule has 1 aromatic carbocycles. The molecular weight excluding hydrogens is 432 g/mol. The number of benzene rings is 1. The quantitative estimate of drug-likeness (QED) is 0.771. The molecule has 8 heteroatoms. The summed E-state index contributed by atoms with van der Waals surface area (Å²) in [7, 11) is 2.96. The first-order chi connectivity index (χ1) is 12.5. The fraction of sp³-hybridized carbons (Fsp3) is 0.316. The number of methoxy groups -OCH3 is 1. The summed E-state index contributed by atoms with van der Waals surface area (Å²) >= 11 is 4.32. The third-order valence-electron chi connectivity index (χ3n) is 3.83. The van der Waals surface area contributed by atoms with Crippen LogP contribution in [0.2, 0.25) is 0 Å². The van der Waals surface area contributed by atoms with Crippen LogP contribution in [0.5, 0.6) is 11.5 Å². The number of aromatic hydroxyl groups is 1. The number of carbonyl (C=O) groups excluding carboxylic acids is 1. The minimum atomic E-state index is -0.732. The minimum Gasteiger partial charge on any atom is -0.503 e. The average Bonchev–Trinajstić information content (AvgIpc) is 2.86. The number of carbonyl (C=O) groups is 1. The predicted octanol–water partition coefficient (Wildman–Crippen LogP) is 2.04. The molecule has 142 valence electrons. The average molecular weight is 451 g/mol. The van der Waals surface area contributed by atoms with Crippen LogP contribution >= 0.6 is 27.3 Å². The zero-order valence-corrected chi connectivity index (χ0v) is 18.0. The molecule has 0 unspecified atom stereocenters. The third-order valence-corrected chi connectivity index (χ3v) is 5.62. The summed E-state index contributed by atoms with van der Waals surface area (Å²) in [5.74, 6) is -0.0934. The lowest BCUT2D eigenvalue weighted by Gasteiger charge is -2.15. The van der Waals surface area contributed by atoms with Crippen LogP contribution in [0, 0.1) is 16.7 Å². The Balaban J connectivity index is 2.79. The molecule has 0 radical (unpaired) electrons. The van der Waals surface area contributed by atoms with Gasteiger partial charge in [-0.2, -0.15) is 5.26 Å². The first-order valence-electron chi connectivity index (χ1n) is 7.94. The molecule has 0 aliphatic heterocycles. The number of rotatable bonds is 3. The molecule has 0 saturated heterocycles. The van der Waals surface area contributed by atoms with Gasteiger partial charge in [-0.1, -0.05) is 20.8 Å². The van der Waals surface area contributed by atoms with Crippen molar-refractivity contribution in [3.05, 3.63) is 41.7 Å². The van der Waals surface area contributed by atoms with Gasteiger partial charge in [0.25, 0.3) is 5.56 Å². The summed E-state index contributed by atoms with van der Waals surface area (Å²) in [6, 6.07) is 5.18. The molecular formula is C19H19BrN2O4S. The lowest BCUT2D eigenvalue weighted by molar-refractivity contribution is -0.120. The second kappa shape index (κ2) is 7.71. The highest BCUT2D eigenvalue weighted by Crippen LogP contribution is 2.35. The van der Waals surface area contributed by atoms with Crippen molar-refractivity contribution in [3.63, 3.8) is 0 Å². The molecule has 0 atom stereocenters. The van der Waals surface area contributed by atoms with Crippen LogP contribution in [0.3, 0.4) is 0 Å². The fourth-order valence-electron chi connectivity index (χ4n) is 2.34. The van der Waals surface area contributed by atoms with Crippen LogP contribution in [0.15, 0.2) is 21.4 Å². The molecule has 0 aliphatic carbocycles. The van der Waals surface area contributed by atoms with E-state index in [1.54, 1.807) is 39.0 Å². The topological polar surface area (TPSA) is 92.3 Å². The van der Waals surface area contributed by atoms with Crippen LogP contribution < -0.4 is 19.5 Å². The fourth-order valence-corrected chi connectivity index (χ4v) is 3.89. The Kier molecular flexibility index (Phi) is 5.97. The molecule has 27 heavy (non-hydrogen) atoms. The number of Topliss-reactive ketones (excluding diaryl/α,β-unsaturated/α-hetero) is 1. The minimum absolute atomic E-state index is 0.0313. The monoisotopic (exact) mass is 450 g/mol. The third kappa shape index (κ3) is 4.15. The molecule has 1 heterocycles. The van der Waals surface area contributed by atoms with Crippen molar-refractivity contribution in [2.45, 2.75) is 20.8 Å². The molecule has 0 aliphatic rings. The lowest BCUT2D eigenvalue weighted by Crippen LogP contribution is -2.32. The van der Waals surface area contributed by atoms with Crippen molar-refractivity contribution in [1.29, 1.82) is 5.26 Å². The maximum Gasteiger partial charge on any atom is 0.268 e. The number of hydrogen-bond acceptors (Lipinski definition) is 6. The molecule has 2 aromatic rings. The van der Waals surface area contributed by atoms with E-state index in [0.717, 1.165) is 11.3 Å². The Morgan fingerprint density at radius 2 is 2.04 bits per heavy atom. The van der Waals surface area contributed by atoms with Gasteiger partial charge in [0, 0.05) is 12.5 Å². The molecule has 6 nitrogen and oxygen atoms in total. The number of ether oxygens (including phenoxy) is 1. The van der Waals surface area contributed by atoms with Crippen LogP contribution in [0.1, 0.15) is 26.3 Å². The van der Waals surface area contributed by atoms with E-state index in [4.69, 9.17) is 4.74 Å². The van der Waals surface area contributed by atoms with Gasteiger partial charge >= 0.3 is 0 Å². The van der Waals surface area contributed by atoms with Gasteiger partial charge in [-0.15, -0.1) is 11.3 Å². The summed E-state index contributed by atoms with van der Waals surface area (Å²) in [4.78, 5) is 25.2. The maximum absolute atomic E-state index is 12.6. The van der Waals surface area contributed by atoms with Crippen molar-refractivity contribution in [2.75, 3.05) is 7.11 Å². The largest absolute Gasteiger partial charge is 0.503 e. The SMILES string of the molecule is COc1cc(/C=c2\s/c(=C(/C#N)C(=O)C(C)(C)C)n(C)c2=O)cc(Br)c1O. The van der Waals surface area contributed by atoms with Crippen LogP contribution in [-0.2, 0) is 11.8 Å². The first kappa shape index (κ1) is 20.9. The molecule has 0 spiro atoms. The Labute approximate surface area is 168 Å². The van der Waals surface area contributed by atoms with Crippen molar-refractivity contribution >= 4 is 44.7 Å². The van der Waals surface area contributed by atoms with Gasteiger partial charge < -0.3 is 14.4 Å². The lowest BCUT2D eigenvalue weighted by atomic mass is 9.87. The zero-order chi connectivity index (χ0) is 20.5. The van der Waals surface area contributed by atoms with Crippen LogP contribution in [0.4, 0.5) is 0 Å². The van der Waals surface area contributed by atoms with E-state index < -0.39 is 5.41 Å². The van der Waals surface area contributed by atoms with Crippen molar-refractivity contribution in [2.24, 2.45) is 12.5 Å². The molecule has 0 bridgehead atoms. The van der Waals surface area contributed by atoms with E-state index in [1.807, 2.05) is 6.07 Å². The van der Waals surface area contributed by atoms with Gasteiger partial charge in [0.1, 0.15) is 16.3 Å². The Hall–Kier alpha value is -2.37. The molecule has 0 amide bonds. The van der Waals surface area contributed by atoms with Crippen molar-refractivity contribution in [1.82, 2.24) is 4.57 Å². The number of nitriles is 1. The summed E-state index contributed by atoms with van der Waals surface area (Å²) in [5.41, 5.74) is -0.448. The zero-order valence-electron chi connectivity index (χ0n) is 15.6. The molecule has 0 fully saturated rings. The van der Waals surface area contributed by atoms with Crippen molar-refractivity contribution < 1.29 is 14.6 Å². The molecule has 2 rings (SSSR count). The predicted molar refractivity (Wildman–Crippen MR) is 108 cm³/mol.